The van der Waals surface area contributed by atoms with Gasteiger partial charge in [-0.3, -0.25) is 0 Å². The lowest BCUT2D eigenvalue weighted by Gasteiger charge is -2.20. The molecule has 0 N–H and O–H groups in total. The molecule has 1 rings (SSSR count). The average Bonchev–Trinajstić information content (AvgIpc) is 2.30. The molecule has 2 atom stereocenters. The maximum atomic E-state index is 11.5. The number of nitrogens with zero attached hydrogens (tertiary/aromatic N) is 2. The van der Waals surface area contributed by atoms with Crippen molar-refractivity contribution in [3.8, 4) is 0 Å². The minimum Gasteiger partial charge on any atom is -0.331 e. The maximum Gasteiger partial charge on any atom is 0.319 e. The summed E-state index contributed by atoms with van der Waals surface area (Å²) in [4.78, 5) is 15.1. The van der Waals surface area contributed by atoms with Gasteiger partial charge < -0.3 is 9.80 Å². The van der Waals surface area contributed by atoms with Crippen molar-refractivity contribution in [1.29, 1.82) is 0 Å². The van der Waals surface area contributed by atoms with E-state index in [9.17, 15) is 4.79 Å². The summed E-state index contributed by atoms with van der Waals surface area (Å²) in [6.45, 7) is 6.23. The molecule has 2 unspecified atom stereocenters. The van der Waals surface area contributed by atoms with Crippen LogP contribution in [0.25, 0.3) is 0 Å². The second-order valence-corrected chi connectivity index (χ2v) is 4.04. The van der Waals surface area contributed by atoms with Gasteiger partial charge in [-0.25, -0.2) is 4.79 Å². The van der Waals surface area contributed by atoms with Crippen molar-refractivity contribution in [3.05, 3.63) is 0 Å². The summed E-state index contributed by atoms with van der Waals surface area (Å²) >= 11 is 0. The molecule has 0 spiro atoms. The largest absolute Gasteiger partial charge is 0.331 e. The van der Waals surface area contributed by atoms with Crippen LogP contribution in [-0.4, -0.2) is 43.0 Å². The SMILES string of the molecule is CC1CN(C(=O)N(C)C)CC1C. The summed E-state index contributed by atoms with van der Waals surface area (Å²) in [5.74, 6) is 1.29. The topological polar surface area (TPSA) is 23.6 Å². The maximum absolute atomic E-state index is 11.5. The van der Waals surface area contributed by atoms with Crippen LogP contribution in [0.3, 0.4) is 0 Å². The molecule has 0 saturated carbocycles. The highest BCUT2D eigenvalue weighted by Gasteiger charge is 2.29. The average molecular weight is 170 g/mol. The van der Waals surface area contributed by atoms with Crippen molar-refractivity contribution in [1.82, 2.24) is 9.80 Å². The fourth-order valence-electron chi connectivity index (χ4n) is 1.57. The molecule has 1 aliphatic rings. The fourth-order valence-corrected chi connectivity index (χ4v) is 1.57. The van der Waals surface area contributed by atoms with Crippen LogP contribution >= 0.6 is 0 Å². The lowest BCUT2D eigenvalue weighted by molar-refractivity contribution is 0.179. The highest BCUT2D eigenvalue weighted by molar-refractivity contribution is 5.74. The van der Waals surface area contributed by atoms with Gasteiger partial charge in [0.05, 0.1) is 0 Å². The van der Waals surface area contributed by atoms with Gasteiger partial charge in [-0.15, -0.1) is 0 Å². The van der Waals surface area contributed by atoms with Crippen LogP contribution < -0.4 is 0 Å². The zero-order chi connectivity index (χ0) is 9.30. The van der Waals surface area contributed by atoms with Crippen LogP contribution in [0.15, 0.2) is 0 Å². The van der Waals surface area contributed by atoms with E-state index >= 15 is 0 Å². The number of hydrogen-bond acceptors (Lipinski definition) is 1. The number of rotatable bonds is 0. The fraction of sp³-hybridized carbons (Fsp3) is 0.889. The molecule has 0 aromatic rings. The molecular formula is C9H18N2O. The molecular weight excluding hydrogens is 152 g/mol. The molecule has 0 radical (unpaired) electrons. The lowest BCUT2D eigenvalue weighted by Crippen LogP contribution is -2.37. The first-order valence-corrected chi connectivity index (χ1v) is 4.48. The Labute approximate surface area is 74.3 Å². The second-order valence-electron chi connectivity index (χ2n) is 4.04. The van der Waals surface area contributed by atoms with E-state index in [1.54, 1.807) is 19.0 Å². The van der Waals surface area contributed by atoms with E-state index in [1.807, 2.05) is 4.90 Å². The first kappa shape index (κ1) is 9.36. The molecule has 2 amide bonds. The van der Waals surface area contributed by atoms with Gasteiger partial charge in [-0.05, 0) is 11.8 Å². The van der Waals surface area contributed by atoms with E-state index in [4.69, 9.17) is 0 Å². The summed E-state index contributed by atoms with van der Waals surface area (Å²) in [6, 6.07) is 0.145. The summed E-state index contributed by atoms with van der Waals surface area (Å²) in [6.07, 6.45) is 0. The first-order chi connectivity index (χ1) is 5.52. The molecule has 1 heterocycles. The molecule has 0 aliphatic carbocycles. The monoisotopic (exact) mass is 170 g/mol. The van der Waals surface area contributed by atoms with Crippen molar-refractivity contribution in [2.24, 2.45) is 11.8 Å². The third-order valence-electron chi connectivity index (χ3n) is 2.64. The smallest absolute Gasteiger partial charge is 0.319 e. The minimum absolute atomic E-state index is 0.145. The lowest BCUT2D eigenvalue weighted by atomic mass is 10.0. The van der Waals surface area contributed by atoms with Gasteiger partial charge in [0.1, 0.15) is 0 Å². The quantitative estimate of drug-likeness (QED) is 0.537. The van der Waals surface area contributed by atoms with Gasteiger partial charge in [-0.2, -0.15) is 0 Å². The molecule has 1 aliphatic heterocycles. The van der Waals surface area contributed by atoms with Gasteiger partial charge in [-0.1, -0.05) is 13.8 Å². The number of hydrogen-bond donors (Lipinski definition) is 0. The van der Waals surface area contributed by atoms with E-state index in [0.29, 0.717) is 11.8 Å². The highest BCUT2D eigenvalue weighted by Crippen LogP contribution is 2.22. The van der Waals surface area contributed by atoms with Crippen LogP contribution in [0.2, 0.25) is 0 Å². The normalized spacial score (nSPS) is 29.2. The van der Waals surface area contributed by atoms with Crippen LogP contribution in [0.4, 0.5) is 4.79 Å². The van der Waals surface area contributed by atoms with Crippen molar-refractivity contribution in [3.63, 3.8) is 0 Å². The molecule has 0 aromatic carbocycles. The second kappa shape index (κ2) is 3.33. The van der Waals surface area contributed by atoms with E-state index < -0.39 is 0 Å². The van der Waals surface area contributed by atoms with Crippen LogP contribution in [-0.2, 0) is 0 Å². The van der Waals surface area contributed by atoms with Crippen molar-refractivity contribution in [2.45, 2.75) is 13.8 Å². The Bertz CT molecular complexity index is 169. The van der Waals surface area contributed by atoms with E-state index in [2.05, 4.69) is 13.8 Å². The Kier molecular flexibility index (Phi) is 2.60. The Morgan fingerprint density at radius 2 is 1.67 bits per heavy atom. The summed E-state index contributed by atoms with van der Waals surface area (Å²) in [5, 5.41) is 0. The number of carbonyl (C=O) groups excluding carboxylic acids is 1. The van der Waals surface area contributed by atoms with Gasteiger partial charge in [0.15, 0.2) is 0 Å². The summed E-state index contributed by atoms with van der Waals surface area (Å²) in [7, 11) is 3.60. The first-order valence-electron chi connectivity index (χ1n) is 4.48. The van der Waals surface area contributed by atoms with Gasteiger partial charge in [0.25, 0.3) is 0 Å². The zero-order valence-corrected chi connectivity index (χ0v) is 8.37. The zero-order valence-electron chi connectivity index (χ0n) is 8.37. The molecule has 0 aromatic heterocycles. The summed E-state index contributed by atoms with van der Waals surface area (Å²) in [5.41, 5.74) is 0. The predicted molar refractivity (Wildman–Crippen MR) is 49.0 cm³/mol. The van der Waals surface area contributed by atoms with E-state index in [1.165, 1.54) is 0 Å². The third-order valence-corrected chi connectivity index (χ3v) is 2.64. The van der Waals surface area contributed by atoms with Gasteiger partial charge in [0.2, 0.25) is 0 Å². The van der Waals surface area contributed by atoms with Crippen molar-refractivity contribution >= 4 is 6.03 Å². The third kappa shape index (κ3) is 1.71. The van der Waals surface area contributed by atoms with Gasteiger partial charge >= 0.3 is 6.03 Å². The standard InChI is InChI=1S/C9H18N2O/c1-7-5-11(6-8(7)2)9(12)10(3)4/h7-8H,5-6H2,1-4H3. The molecule has 0 bridgehead atoms. The molecule has 1 fully saturated rings. The van der Waals surface area contributed by atoms with Gasteiger partial charge in [0, 0.05) is 27.2 Å². The Morgan fingerprint density at radius 3 is 2.00 bits per heavy atom. The Morgan fingerprint density at radius 1 is 1.25 bits per heavy atom. The summed E-state index contributed by atoms with van der Waals surface area (Å²) < 4.78 is 0. The number of likely N-dealkylation sites (tertiary alicyclic amines) is 1. The van der Waals surface area contributed by atoms with E-state index in [0.717, 1.165) is 13.1 Å². The molecule has 70 valence electrons. The number of urea groups is 1. The van der Waals surface area contributed by atoms with Crippen molar-refractivity contribution in [2.75, 3.05) is 27.2 Å². The molecule has 1 saturated heterocycles. The Balaban J connectivity index is 2.52. The highest BCUT2D eigenvalue weighted by atomic mass is 16.2. The number of amides is 2. The Hall–Kier alpha value is -0.730. The molecule has 3 nitrogen and oxygen atoms in total. The minimum atomic E-state index is 0.145. The predicted octanol–water partition coefficient (Wildman–Crippen LogP) is 1.26. The van der Waals surface area contributed by atoms with Crippen LogP contribution in [0.1, 0.15) is 13.8 Å². The molecule has 12 heavy (non-hydrogen) atoms. The number of carbonyl (C=O) groups is 1. The van der Waals surface area contributed by atoms with Crippen molar-refractivity contribution < 1.29 is 4.79 Å². The van der Waals surface area contributed by atoms with E-state index in [-0.39, 0.29) is 6.03 Å². The van der Waals surface area contributed by atoms with Crippen LogP contribution in [0.5, 0.6) is 0 Å². The van der Waals surface area contributed by atoms with Crippen LogP contribution in [0, 0.1) is 11.8 Å². The molecule has 3 heteroatoms.